The molecule has 0 N–H and O–H groups in total. The summed E-state index contributed by atoms with van der Waals surface area (Å²) in [5.41, 5.74) is 1.96. The van der Waals surface area contributed by atoms with Crippen LogP contribution in [-0.2, 0) is 45.4 Å². The highest BCUT2D eigenvalue weighted by Crippen LogP contribution is 2.32. The van der Waals surface area contributed by atoms with Crippen molar-refractivity contribution in [1.82, 2.24) is 0 Å². The van der Waals surface area contributed by atoms with E-state index in [4.69, 9.17) is 22.8 Å². The summed E-state index contributed by atoms with van der Waals surface area (Å²) in [6.45, 7) is 7.70. The molecule has 0 radical (unpaired) electrons. The molecule has 0 aliphatic carbocycles. The maximum absolute atomic E-state index is 11.5. The molecule has 1 heterocycles. The monoisotopic (exact) mass is 410 g/mol. The molecule has 0 unspecified atom stereocenters. The number of hydrogen-bond donors (Lipinski definition) is 0. The molecule has 154 valence electrons. The molecule has 28 heavy (non-hydrogen) atoms. The number of carbonyl (C=O) groups excluding carboxylic acids is 3. The molecule has 8 nitrogen and oxygen atoms in total. The van der Waals surface area contributed by atoms with Gasteiger partial charge in [0.1, 0.15) is 5.75 Å². The highest BCUT2D eigenvalue weighted by molar-refractivity contribution is 6.65. The van der Waals surface area contributed by atoms with Gasteiger partial charge in [0.2, 0.25) is 5.79 Å². The molecule has 0 spiro atoms. The number of ether oxygens (including phenoxy) is 2. The number of carbonyl (C=O) groups is 3. The van der Waals surface area contributed by atoms with Crippen LogP contribution in [0.2, 0.25) is 6.04 Å². The van der Waals surface area contributed by atoms with Gasteiger partial charge in [-0.05, 0) is 30.5 Å². The quantitative estimate of drug-likeness (QED) is 0.633. The van der Waals surface area contributed by atoms with Gasteiger partial charge in [-0.3, -0.25) is 14.4 Å². The standard InChI is InChI=1S/C19H26O8Si/c1-13(20)25-28(26-14(2)21,27-15(3)22)10-6-7-16-8-9-18-17(11-16)12-23-19(4,5)24-18/h8-9,11H,6-7,10,12H2,1-5H3. The summed E-state index contributed by atoms with van der Waals surface area (Å²) in [5.74, 6) is -1.87. The van der Waals surface area contributed by atoms with Crippen LogP contribution in [0.1, 0.15) is 52.2 Å². The number of aryl methyl sites for hydroxylation is 1. The first-order chi connectivity index (χ1) is 13.0. The van der Waals surface area contributed by atoms with Crippen molar-refractivity contribution in [2.45, 2.75) is 65.9 Å². The van der Waals surface area contributed by atoms with Gasteiger partial charge in [-0.1, -0.05) is 6.07 Å². The minimum Gasteiger partial charge on any atom is -0.463 e. The average Bonchev–Trinajstić information content (AvgIpc) is 2.52. The Kier molecular flexibility index (Phi) is 6.84. The second-order valence-electron chi connectivity index (χ2n) is 7.05. The summed E-state index contributed by atoms with van der Waals surface area (Å²) in [5, 5.41) is 0. The first-order valence-electron chi connectivity index (χ1n) is 9.04. The molecule has 1 aliphatic heterocycles. The minimum absolute atomic E-state index is 0.142. The Bertz CT molecular complexity index is 718. The SMILES string of the molecule is CC(=O)O[Si](CCCc1ccc2c(c1)COC(C)(C)O2)(OC(C)=O)OC(C)=O. The lowest BCUT2D eigenvalue weighted by molar-refractivity contribution is -0.180. The van der Waals surface area contributed by atoms with Crippen molar-refractivity contribution in [3.8, 4) is 5.75 Å². The zero-order valence-corrected chi connectivity index (χ0v) is 17.8. The lowest BCUT2D eigenvalue weighted by atomic mass is 10.1. The van der Waals surface area contributed by atoms with Crippen LogP contribution >= 0.6 is 0 Å². The highest BCUT2D eigenvalue weighted by atomic mass is 28.4. The summed E-state index contributed by atoms with van der Waals surface area (Å²) < 4.78 is 27.0. The van der Waals surface area contributed by atoms with Gasteiger partial charge >= 0.3 is 8.80 Å². The molecule has 1 aliphatic rings. The third-order valence-corrected chi connectivity index (χ3v) is 6.66. The summed E-state index contributed by atoms with van der Waals surface area (Å²) in [6.07, 6.45) is 1.10. The molecule has 1 aromatic carbocycles. The molecular formula is C19H26O8Si. The Morgan fingerprint density at radius 2 is 1.61 bits per heavy atom. The Labute approximate surface area is 165 Å². The van der Waals surface area contributed by atoms with E-state index in [-0.39, 0.29) is 6.04 Å². The van der Waals surface area contributed by atoms with Gasteiger partial charge in [-0.25, -0.2) is 0 Å². The molecule has 2 rings (SSSR count). The van der Waals surface area contributed by atoms with E-state index in [1.54, 1.807) is 0 Å². The Morgan fingerprint density at radius 1 is 1.04 bits per heavy atom. The molecular weight excluding hydrogens is 384 g/mol. The second kappa shape index (κ2) is 8.74. The van der Waals surface area contributed by atoms with E-state index in [0.29, 0.717) is 19.4 Å². The predicted molar refractivity (Wildman–Crippen MR) is 100 cm³/mol. The van der Waals surface area contributed by atoms with E-state index in [1.165, 1.54) is 20.8 Å². The largest absolute Gasteiger partial charge is 0.705 e. The zero-order chi connectivity index (χ0) is 20.9. The highest BCUT2D eigenvalue weighted by Gasteiger charge is 2.51. The number of hydrogen-bond acceptors (Lipinski definition) is 8. The van der Waals surface area contributed by atoms with E-state index in [9.17, 15) is 14.4 Å². The zero-order valence-electron chi connectivity index (χ0n) is 16.8. The second-order valence-corrected chi connectivity index (χ2v) is 9.53. The van der Waals surface area contributed by atoms with Crippen molar-refractivity contribution in [1.29, 1.82) is 0 Å². The molecule has 0 saturated carbocycles. The predicted octanol–water partition coefficient (Wildman–Crippen LogP) is 2.89. The van der Waals surface area contributed by atoms with Crippen molar-refractivity contribution in [2.75, 3.05) is 0 Å². The fourth-order valence-electron chi connectivity index (χ4n) is 2.93. The lowest BCUT2D eigenvalue weighted by Gasteiger charge is -2.32. The Hall–Kier alpha value is -2.39. The van der Waals surface area contributed by atoms with E-state index in [2.05, 4.69) is 0 Å². The van der Waals surface area contributed by atoms with Crippen molar-refractivity contribution in [3.05, 3.63) is 29.3 Å². The van der Waals surface area contributed by atoms with Gasteiger partial charge in [-0.2, -0.15) is 0 Å². The van der Waals surface area contributed by atoms with Gasteiger partial charge in [0.15, 0.2) is 0 Å². The Morgan fingerprint density at radius 3 is 2.14 bits per heavy atom. The van der Waals surface area contributed by atoms with Crippen molar-refractivity contribution in [3.63, 3.8) is 0 Å². The number of benzene rings is 1. The topological polar surface area (TPSA) is 97.4 Å². The summed E-state index contributed by atoms with van der Waals surface area (Å²) in [4.78, 5) is 34.4. The lowest BCUT2D eigenvalue weighted by Crippen LogP contribution is -2.49. The third-order valence-electron chi connectivity index (χ3n) is 3.90. The van der Waals surface area contributed by atoms with Crippen LogP contribution in [0.4, 0.5) is 0 Å². The average molecular weight is 410 g/mol. The van der Waals surface area contributed by atoms with Crippen molar-refractivity contribution in [2.24, 2.45) is 0 Å². The van der Waals surface area contributed by atoms with E-state index >= 15 is 0 Å². The van der Waals surface area contributed by atoms with Gasteiger partial charge < -0.3 is 22.8 Å². The van der Waals surface area contributed by atoms with Crippen LogP contribution in [0.15, 0.2) is 18.2 Å². The molecule has 0 saturated heterocycles. The van der Waals surface area contributed by atoms with Crippen molar-refractivity contribution < 1.29 is 37.1 Å². The molecule has 1 aromatic rings. The summed E-state index contributed by atoms with van der Waals surface area (Å²) >= 11 is 0. The van der Waals surface area contributed by atoms with Crippen LogP contribution in [-0.4, -0.2) is 32.5 Å². The van der Waals surface area contributed by atoms with Gasteiger partial charge in [0.05, 0.1) is 12.7 Å². The van der Waals surface area contributed by atoms with Crippen molar-refractivity contribution >= 4 is 26.7 Å². The first kappa shape index (κ1) is 21.9. The third kappa shape index (κ3) is 6.34. The van der Waals surface area contributed by atoms with Gasteiger partial charge in [0, 0.05) is 40.2 Å². The van der Waals surface area contributed by atoms with Crippen LogP contribution in [0.3, 0.4) is 0 Å². The molecule has 0 aromatic heterocycles. The molecule has 0 amide bonds. The fourth-order valence-corrected chi connectivity index (χ4v) is 5.28. The Balaban J connectivity index is 2.07. The molecule has 0 bridgehead atoms. The maximum atomic E-state index is 11.5. The van der Waals surface area contributed by atoms with Gasteiger partial charge in [0.25, 0.3) is 17.9 Å². The van der Waals surface area contributed by atoms with Crippen LogP contribution in [0.5, 0.6) is 5.75 Å². The normalized spacial score (nSPS) is 15.0. The first-order valence-corrected chi connectivity index (χ1v) is 11.0. The summed E-state index contributed by atoms with van der Waals surface area (Å²) in [7, 11) is -3.78. The van der Waals surface area contributed by atoms with E-state index in [0.717, 1.165) is 16.9 Å². The van der Waals surface area contributed by atoms with Crippen LogP contribution < -0.4 is 4.74 Å². The smallest absolute Gasteiger partial charge is 0.463 e. The van der Waals surface area contributed by atoms with Gasteiger partial charge in [-0.15, -0.1) is 0 Å². The van der Waals surface area contributed by atoms with E-state index in [1.807, 2.05) is 32.0 Å². The minimum atomic E-state index is -3.78. The molecule has 0 atom stereocenters. The number of fused-ring (bicyclic) bond motifs is 1. The van der Waals surface area contributed by atoms with E-state index < -0.39 is 32.5 Å². The maximum Gasteiger partial charge on any atom is 0.705 e. The molecule has 0 fully saturated rings. The van der Waals surface area contributed by atoms with Crippen LogP contribution in [0, 0.1) is 0 Å². The summed E-state index contributed by atoms with van der Waals surface area (Å²) in [6, 6.07) is 5.96. The van der Waals surface area contributed by atoms with Crippen LogP contribution in [0.25, 0.3) is 0 Å². The fraction of sp³-hybridized carbons (Fsp3) is 0.526. The number of rotatable bonds is 7. The molecule has 9 heteroatoms.